The van der Waals surface area contributed by atoms with E-state index >= 15 is 0 Å². The highest BCUT2D eigenvalue weighted by atomic mass is 16.3. The van der Waals surface area contributed by atoms with E-state index in [4.69, 9.17) is 6.42 Å². The van der Waals surface area contributed by atoms with Crippen LogP contribution in [0.4, 0.5) is 0 Å². The Hall–Kier alpha value is -0.480. The maximum Gasteiger partial charge on any atom is 0.0577 e. The van der Waals surface area contributed by atoms with Crippen LogP contribution < -0.4 is 0 Å². The van der Waals surface area contributed by atoms with Gasteiger partial charge in [0.05, 0.1) is 6.10 Å². The van der Waals surface area contributed by atoms with Crippen LogP contribution in [0.25, 0.3) is 0 Å². The molecule has 9 heavy (non-hydrogen) atoms. The van der Waals surface area contributed by atoms with Gasteiger partial charge in [-0.2, -0.15) is 0 Å². The highest BCUT2D eigenvalue weighted by Gasteiger charge is 2.23. The Kier molecular flexibility index (Phi) is 2.13. The molecule has 0 aliphatic heterocycles. The summed E-state index contributed by atoms with van der Waals surface area (Å²) in [6.45, 7) is 0. The molecule has 50 valence electrons. The van der Waals surface area contributed by atoms with E-state index in [9.17, 15) is 5.11 Å². The molecule has 0 aromatic carbocycles. The fraction of sp³-hybridized carbons (Fsp3) is 0.750. The van der Waals surface area contributed by atoms with E-state index in [1.54, 1.807) is 0 Å². The number of rotatable bonds is 1. The van der Waals surface area contributed by atoms with Gasteiger partial charge in [-0.25, -0.2) is 0 Å². The van der Waals surface area contributed by atoms with Gasteiger partial charge in [0.15, 0.2) is 0 Å². The Bertz CT molecular complexity index is 123. The first kappa shape index (κ1) is 6.64. The Morgan fingerprint density at radius 1 is 1.56 bits per heavy atom. The van der Waals surface area contributed by atoms with Crippen molar-refractivity contribution in [1.29, 1.82) is 0 Å². The van der Waals surface area contributed by atoms with Crippen LogP contribution in [0.5, 0.6) is 0 Å². The van der Waals surface area contributed by atoms with Crippen molar-refractivity contribution < 1.29 is 5.11 Å². The van der Waals surface area contributed by atoms with Crippen LogP contribution in [0.2, 0.25) is 0 Å². The molecule has 1 aliphatic carbocycles. The molecular formula is C8H12O. The van der Waals surface area contributed by atoms with Gasteiger partial charge in [-0.3, -0.25) is 0 Å². The molecule has 0 heterocycles. The average molecular weight is 124 g/mol. The summed E-state index contributed by atoms with van der Waals surface area (Å²) in [7, 11) is 0. The molecule has 0 amide bonds. The Morgan fingerprint density at radius 2 is 2.33 bits per heavy atom. The molecule has 1 nitrogen and oxygen atoms in total. The highest BCUT2D eigenvalue weighted by Crippen LogP contribution is 2.27. The van der Waals surface area contributed by atoms with Gasteiger partial charge in [0.1, 0.15) is 0 Å². The summed E-state index contributed by atoms with van der Waals surface area (Å²) < 4.78 is 0. The second-order valence-corrected chi connectivity index (χ2v) is 2.67. The van der Waals surface area contributed by atoms with Crippen molar-refractivity contribution in [3.63, 3.8) is 0 Å². The number of aliphatic hydroxyl groups excluding tert-OH is 1. The van der Waals surface area contributed by atoms with Crippen molar-refractivity contribution in [3.05, 3.63) is 0 Å². The second kappa shape index (κ2) is 2.89. The monoisotopic (exact) mass is 124 g/mol. The summed E-state index contributed by atoms with van der Waals surface area (Å²) in [6.07, 6.45) is 8.96. The summed E-state index contributed by atoms with van der Waals surface area (Å²) in [6, 6.07) is 0. The van der Waals surface area contributed by atoms with Crippen LogP contribution in [0.15, 0.2) is 0 Å². The Balaban J connectivity index is 2.33. The lowest BCUT2D eigenvalue weighted by atomic mass is 10.0. The lowest BCUT2D eigenvalue weighted by Crippen LogP contribution is -2.11. The zero-order chi connectivity index (χ0) is 6.69. The van der Waals surface area contributed by atoms with Crippen molar-refractivity contribution in [1.82, 2.24) is 0 Å². The number of hydrogen-bond donors (Lipinski definition) is 1. The molecule has 0 aromatic heterocycles. The molecule has 0 spiro atoms. The normalized spacial score (nSPS) is 34.2. The maximum absolute atomic E-state index is 9.22. The van der Waals surface area contributed by atoms with Crippen LogP contribution in [0.3, 0.4) is 0 Å². The predicted molar refractivity (Wildman–Crippen MR) is 36.8 cm³/mol. The maximum atomic E-state index is 9.22. The number of terminal acetylenes is 1. The zero-order valence-electron chi connectivity index (χ0n) is 5.51. The summed E-state index contributed by atoms with van der Waals surface area (Å²) in [5, 5.41) is 9.22. The van der Waals surface area contributed by atoms with Gasteiger partial charge in [0.25, 0.3) is 0 Å². The smallest absolute Gasteiger partial charge is 0.0577 e. The Morgan fingerprint density at radius 3 is 2.78 bits per heavy atom. The highest BCUT2D eigenvalue weighted by molar-refractivity contribution is 4.91. The third-order valence-corrected chi connectivity index (χ3v) is 2.00. The first-order valence-electron chi connectivity index (χ1n) is 3.46. The minimum Gasteiger partial charge on any atom is -0.393 e. The first-order valence-corrected chi connectivity index (χ1v) is 3.46. The standard InChI is InChI=1S/C8H12O/c1-2-4-7-5-3-6-8(7)9/h1,7-9H,3-6H2/t7-,8+/m0/s1. The fourth-order valence-corrected chi connectivity index (χ4v) is 1.41. The van der Waals surface area contributed by atoms with E-state index in [0.29, 0.717) is 5.92 Å². The van der Waals surface area contributed by atoms with Crippen LogP contribution in [0, 0.1) is 18.3 Å². The lowest BCUT2D eigenvalue weighted by molar-refractivity contribution is 0.135. The summed E-state index contributed by atoms with van der Waals surface area (Å²) in [4.78, 5) is 0. The van der Waals surface area contributed by atoms with E-state index in [0.717, 1.165) is 25.7 Å². The van der Waals surface area contributed by atoms with E-state index in [1.807, 2.05) is 0 Å². The molecule has 1 saturated carbocycles. The average Bonchev–Trinajstić information content (AvgIpc) is 2.18. The van der Waals surface area contributed by atoms with Gasteiger partial charge in [0, 0.05) is 6.42 Å². The first-order chi connectivity index (χ1) is 4.34. The molecule has 0 bridgehead atoms. The molecule has 0 saturated heterocycles. The molecule has 1 heteroatoms. The fourth-order valence-electron chi connectivity index (χ4n) is 1.41. The van der Waals surface area contributed by atoms with Crippen molar-refractivity contribution >= 4 is 0 Å². The van der Waals surface area contributed by atoms with Crippen molar-refractivity contribution in [3.8, 4) is 12.3 Å². The van der Waals surface area contributed by atoms with Crippen LogP contribution in [0.1, 0.15) is 25.7 Å². The second-order valence-electron chi connectivity index (χ2n) is 2.67. The quantitative estimate of drug-likeness (QED) is 0.520. The van der Waals surface area contributed by atoms with Crippen LogP contribution in [-0.4, -0.2) is 11.2 Å². The van der Waals surface area contributed by atoms with Gasteiger partial charge < -0.3 is 5.11 Å². The summed E-state index contributed by atoms with van der Waals surface area (Å²) >= 11 is 0. The van der Waals surface area contributed by atoms with Gasteiger partial charge in [-0.15, -0.1) is 12.3 Å². The predicted octanol–water partition coefficient (Wildman–Crippen LogP) is 1.17. The van der Waals surface area contributed by atoms with Gasteiger partial charge in [-0.05, 0) is 18.8 Å². The summed E-state index contributed by atoms with van der Waals surface area (Å²) in [5.41, 5.74) is 0. The van der Waals surface area contributed by atoms with Gasteiger partial charge in [0.2, 0.25) is 0 Å². The van der Waals surface area contributed by atoms with Crippen molar-refractivity contribution in [2.45, 2.75) is 31.8 Å². The number of hydrogen-bond acceptors (Lipinski definition) is 1. The largest absolute Gasteiger partial charge is 0.393 e. The molecule has 0 aromatic rings. The zero-order valence-corrected chi connectivity index (χ0v) is 5.51. The van der Waals surface area contributed by atoms with Crippen molar-refractivity contribution in [2.75, 3.05) is 0 Å². The molecule has 1 fully saturated rings. The van der Waals surface area contributed by atoms with Crippen LogP contribution in [-0.2, 0) is 0 Å². The van der Waals surface area contributed by atoms with E-state index in [-0.39, 0.29) is 6.10 Å². The minimum absolute atomic E-state index is 0.110. The molecule has 0 unspecified atom stereocenters. The molecular weight excluding hydrogens is 112 g/mol. The molecule has 1 N–H and O–H groups in total. The van der Waals surface area contributed by atoms with E-state index in [2.05, 4.69) is 5.92 Å². The third kappa shape index (κ3) is 1.46. The van der Waals surface area contributed by atoms with Gasteiger partial charge >= 0.3 is 0 Å². The van der Waals surface area contributed by atoms with Crippen LogP contribution >= 0.6 is 0 Å². The van der Waals surface area contributed by atoms with Gasteiger partial charge in [-0.1, -0.05) is 6.42 Å². The molecule has 0 radical (unpaired) electrons. The molecule has 1 aliphatic rings. The topological polar surface area (TPSA) is 20.2 Å². The SMILES string of the molecule is C#CC[C@H]1CCC[C@H]1O. The molecule has 1 rings (SSSR count). The number of aliphatic hydroxyl groups is 1. The lowest BCUT2D eigenvalue weighted by Gasteiger charge is -2.08. The Labute approximate surface area is 56.1 Å². The minimum atomic E-state index is -0.110. The third-order valence-electron chi connectivity index (χ3n) is 2.00. The van der Waals surface area contributed by atoms with E-state index < -0.39 is 0 Å². The summed E-state index contributed by atoms with van der Waals surface area (Å²) in [5.74, 6) is 2.98. The van der Waals surface area contributed by atoms with E-state index in [1.165, 1.54) is 0 Å². The van der Waals surface area contributed by atoms with Crippen molar-refractivity contribution in [2.24, 2.45) is 5.92 Å². The molecule has 2 atom stereocenters.